The van der Waals surface area contributed by atoms with Gasteiger partial charge in [0.15, 0.2) is 0 Å². The smallest absolute Gasteiger partial charge is 0.148 e. The van der Waals surface area contributed by atoms with Crippen molar-refractivity contribution in [2.75, 3.05) is 37.6 Å². The topological polar surface area (TPSA) is 24.3 Å². The Bertz CT molecular complexity index is 1040. The van der Waals surface area contributed by atoms with Crippen LogP contribution in [-0.2, 0) is 0 Å². The SMILES string of the molecule is Cc1c(/C=C/CN2CCN(c3cc(F)cc(F)c3)CC2)cnn1-c1ccccc1F.Cl. The summed E-state index contributed by atoms with van der Waals surface area (Å²) in [7, 11) is 0. The molecular weight excluding hydrogens is 425 g/mol. The molecule has 0 radical (unpaired) electrons. The number of anilines is 1. The van der Waals surface area contributed by atoms with Gasteiger partial charge in [0.2, 0.25) is 0 Å². The maximum absolute atomic E-state index is 14.0. The Kier molecular flexibility index (Phi) is 7.41. The van der Waals surface area contributed by atoms with Gasteiger partial charge in [-0.15, -0.1) is 12.4 Å². The van der Waals surface area contributed by atoms with Crippen LogP contribution in [-0.4, -0.2) is 47.4 Å². The fourth-order valence-electron chi connectivity index (χ4n) is 3.69. The van der Waals surface area contributed by atoms with Crippen LogP contribution in [0, 0.1) is 24.4 Å². The molecule has 31 heavy (non-hydrogen) atoms. The molecule has 4 rings (SSSR count). The van der Waals surface area contributed by atoms with Crippen LogP contribution in [0.3, 0.4) is 0 Å². The zero-order chi connectivity index (χ0) is 21.1. The molecule has 0 atom stereocenters. The number of aromatic nitrogens is 2. The Morgan fingerprint density at radius 2 is 1.65 bits per heavy atom. The third-order valence-electron chi connectivity index (χ3n) is 5.37. The number of benzene rings is 2. The van der Waals surface area contributed by atoms with E-state index in [0.717, 1.165) is 37.0 Å². The number of rotatable bonds is 5. The van der Waals surface area contributed by atoms with E-state index in [1.165, 1.54) is 18.2 Å². The lowest BCUT2D eigenvalue weighted by atomic mass is 10.2. The monoisotopic (exact) mass is 448 g/mol. The van der Waals surface area contributed by atoms with Crippen LogP contribution >= 0.6 is 12.4 Å². The average Bonchev–Trinajstić information content (AvgIpc) is 3.08. The zero-order valence-electron chi connectivity index (χ0n) is 17.1. The first kappa shape index (κ1) is 22.9. The quantitative estimate of drug-likeness (QED) is 0.557. The van der Waals surface area contributed by atoms with Crippen molar-refractivity contribution in [1.82, 2.24) is 14.7 Å². The zero-order valence-corrected chi connectivity index (χ0v) is 18.0. The second-order valence-corrected chi connectivity index (χ2v) is 7.37. The van der Waals surface area contributed by atoms with Gasteiger partial charge < -0.3 is 4.90 Å². The normalized spacial score (nSPS) is 14.8. The van der Waals surface area contributed by atoms with Crippen LogP contribution in [0.15, 0.2) is 54.7 Å². The summed E-state index contributed by atoms with van der Waals surface area (Å²) >= 11 is 0. The molecule has 0 spiro atoms. The van der Waals surface area contributed by atoms with Gasteiger partial charge in [0.1, 0.15) is 23.1 Å². The Labute approximate surface area is 186 Å². The lowest BCUT2D eigenvalue weighted by Crippen LogP contribution is -2.46. The number of hydrogen-bond acceptors (Lipinski definition) is 3. The maximum atomic E-state index is 14.0. The van der Waals surface area contributed by atoms with Crippen molar-refractivity contribution in [2.24, 2.45) is 0 Å². The summed E-state index contributed by atoms with van der Waals surface area (Å²) in [6.45, 7) is 5.69. The van der Waals surface area contributed by atoms with Crippen molar-refractivity contribution in [3.63, 3.8) is 0 Å². The summed E-state index contributed by atoms with van der Waals surface area (Å²) in [5.41, 5.74) is 2.82. The highest BCUT2D eigenvalue weighted by Gasteiger charge is 2.17. The van der Waals surface area contributed by atoms with Gasteiger partial charge in [-0.2, -0.15) is 5.10 Å². The molecule has 2 aromatic carbocycles. The van der Waals surface area contributed by atoms with Gasteiger partial charge in [0.25, 0.3) is 0 Å². The Morgan fingerprint density at radius 1 is 0.968 bits per heavy atom. The van der Waals surface area contributed by atoms with Gasteiger partial charge in [-0.25, -0.2) is 17.9 Å². The van der Waals surface area contributed by atoms with E-state index in [1.807, 2.05) is 17.9 Å². The van der Waals surface area contributed by atoms with Gasteiger partial charge in [0, 0.05) is 55.7 Å². The molecule has 1 fully saturated rings. The summed E-state index contributed by atoms with van der Waals surface area (Å²) in [6.07, 6.45) is 5.79. The van der Waals surface area contributed by atoms with Gasteiger partial charge in [-0.05, 0) is 31.2 Å². The Hall–Kier alpha value is -2.77. The molecule has 1 aliphatic rings. The minimum atomic E-state index is -0.554. The lowest BCUT2D eigenvalue weighted by Gasteiger charge is -2.35. The molecule has 0 unspecified atom stereocenters. The van der Waals surface area contributed by atoms with E-state index in [2.05, 4.69) is 16.1 Å². The molecule has 0 saturated carbocycles. The fourth-order valence-corrected chi connectivity index (χ4v) is 3.69. The highest BCUT2D eigenvalue weighted by atomic mass is 35.5. The minimum Gasteiger partial charge on any atom is -0.369 e. The third-order valence-corrected chi connectivity index (χ3v) is 5.37. The molecule has 1 saturated heterocycles. The van der Waals surface area contributed by atoms with Gasteiger partial charge in [-0.1, -0.05) is 24.3 Å². The Balaban J connectivity index is 0.00000272. The van der Waals surface area contributed by atoms with E-state index in [0.29, 0.717) is 24.5 Å². The summed E-state index contributed by atoms with van der Waals surface area (Å²) in [5.74, 6) is -1.42. The van der Waals surface area contributed by atoms with Crippen LogP contribution in [0.1, 0.15) is 11.3 Å². The first-order valence-electron chi connectivity index (χ1n) is 9.91. The summed E-state index contributed by atoms with van der Waals surface area (Å²) < 4.78 is 42.5. The highest BCUT2D eigenvalue weighted by Crippen LogP contribution is 2.20. The fraction of sp³-hybridized carbons (Fsp3) is 0.261. The molecule has 164 valence electrons. The summed E-state index contributed by atoms with van der Waals surface area (Å²) in [4.78, 5) is 4.27. The Morgan fingerprint density at radius 3 is 2.32 bits per heavy atom. The molecule has 1 aliphatic heterocycles. The van der Waals surface area contributed by atoms with Crippen LogP contribution in [0.25, 0.3) is 11.8 Å². The lowest BCUT2D eigenvalue weighted by molar-refractivity contribution is 0.284. The molecule has 1 aromatic heterocycles. The van der Waals surface area contributed by atoms with E-state index in [1.54, 1.807) is 29.1 Å². The summed E-state index contributed by atoms with van der Waals surface area (Å²) in [5, 5.41) is 4.31. The number of para-hydroxylation sites is 1. The van der Waals surface area contributed by atoms with E-state index in [-0.39, 0.29) is 18.2 Å². The van der Waals surface area contributed by atoms with Crippen LogP contribution < -0.4 is 4.90 Å². The largest absolute Gasteiger partial charge is 0.369 e. The first-order valence-corrected chi connectivity index (χ1v) is 9.91. The van der Waals surface area contributed by atoms with E-state index >= 15 is 0 Å². The van der Waals surface area contributed by atoms with Gasteiger partial charge in [-0.3, -0.25) is 4.90 Å². The van der Waals surface area contributed by atoms with E-state index < -0.39 is 11.6 Å². The second kappa shape index (κ2) is 10.0. The standard InChI is InChI=1S/C23H23F3N4.ClH/c1-17-18(16-27-30(17)23-7-3-2-6-22(23)26)5-4-8-28-9-11-29(12-10-28)21-14-19(24)13-20(25)15-21;/h2-7,13-16H,8-12H2,1H3;1H/b5-4+;. The maximum Gasteiger partial charge on any atom is 0.148 e. The van der Waals surface area contributed by atoms with Gasteiger partial charge in [0.05, 0.1) is 6.20 Å². The molecule has 0 N–H and O–H groups in total. The van der Waals surface area contributed by atoms with Crippen molar-refractivity contribution < 1.29 is 13.2 Å². The molecule has 2 heterocycles. The van der Waals surface area contributed by atoms with Crippen LogP contribution in [0.4, 0.5) is 18.9 Å². The van der Waals surface area contributed by atoms with Crippen molar-refractivity contribution in [3.8, 4) is 5.69 Å². The molecule has 0 bridgehead atoms. The second-order valence-electron chi connectivity index (χ2n) is 7.37. The van der Waals surface area contributed by atoms with Crippen molar-refractivity contribution in [1.29, 1.82) is 0 Å². The van der Waals surface area contributed by atoms with Crippen molar-refractivity contribution >= 4 is 24.2 Å². The van der Waals surface area contributed by atoms with Gasteiger partial charge >= 0.3 is 0 Å². The molecule has 3 aromatic rings. The third kappa shape index (κ3) is 5.29. The molecule has 4 nitrogen and oxygen atoms in total. The predicted molar refractivity (Wildman–Crippen MR) is 120 cm³/mol. The molecule has 0 aliphatic carbocycles. The van der Waals surface area contributed by atoms with E-state index in [9.17, 15) is 13.2 Å². The van der Waals surface area contributed by atoms with Crippen LogP contribution in [0.2, 0.25) is 0 Å². The number of hydrogen-bond donors (Lipinski definition) is 0. The first-order chi connectivity index (χ1) is 14.5. The van der Waals surface area contributed by atoms with Crippen molar-refractivity contribution in [3.05, 3.63) is 83.4 Å². The predicted octanol–water partition coefficient (Wildman–Crippen LogP) is 4.86. The molecule has 8 heteroatoms. The molecular formula is C23H24ClF3N4. The van der Waals surface area contributed by atoms with E-state index in [4.69, 9.17) is 0 Å². The average molecular weight is 449 g/mol. The highest BCUT2D eigenvalue weighted by molar-refractivity contribution is 5.85. The summed E-state index contributed by atoms with van der Waals surface area (Å²) in [6, 6.07) is 10.2. The molecule has 0 amide bonds. The number of nitrogens with zero attached hydrogens (tertiary/aromatic N) is 4. The number of halogens is 4. The minimum absolute atomic E-state index is 0. The van der Waals surface area contributed by atoms with Crippen molar-refractivity contribution in [2.45, 2.75) is 6.92 Å². The number of piperazine rings is 1. The van der Waals surface area contributed by atoms with Crippen LogP contribution in [0.5, 0.6) is 0 Å².